The molecule has 5 rings (SSSR count). The first-order valence-corrected chi connectivity index (χ1v) is 14.0. The zero-order valence-electron chi connectivity index (χ0n) is 20.6. The number of aliphatic hydroxyl groups is 1. The first kappa shape index (κ1) is 25.4. The number of carbonyl (C=O) groups excluding carboxylic acids is 1. The number of hydrogen-bond acceptors (Lipinski definition) is 7. The van der Waals surface area contributed by atoms with Crippen LogP contribution in [0.2, 0.25) is 0 Å². The minimum Gasteiger partial charge on any atom is -0.454 e. The van der Waals surface area contributed by atoms with Crippen LogP contribution >= 0.6 is 0 Å². The average Bonchev–Trinajstić information content (AvgIpc) is 3.59. The number of benzene rings is 2. The summed E-state index contributed by atoms with van der Waals surface area (Å²) in [5.41, 5.74) is 2.52. The third kappa shape index (κ3) is 5.25. The van der Waals surface area contributed by atoms with Crippen molar-refractivity contribution in [3.63, 3.8) is 0 Å². The Bertz CT molecular complexity index is 1400. The summed E-state index contributed by atoms with van der Waals surface area (Å²) >= 11 is 0. The van der Waals surface area contributed by atoms with E-state index in [9.17, 15) is 18.3 Å². The molecule has 1 saturated carbocycles. The van der Waals surface area contributed by atoms with Gasteiger partial charge in [0.2, 0.25) is 16.8 Å². The number of sulfonamides is 1. The second-order valence-electron chi connectivity index (χ2n) is 9.58. The molecule has 0 radical (unpaired) electrons. The van der Waals surface area contributed by atoms with Gasteiger partial charge < -0.3 is 14.6 Å². The zero-order chi connectivity index (χ0) is 26.0. The van der Waals surface area contributed by atoms with Crippen molar-refractivity contribution in [2.45, 2.75) is 55.4 Å². The van der Waals surface area contributed by atoms with Crippen molar-refractivity contribution in [3.05, 3.63) is 71.9 Å². The van der Waals surface area contributed by atoms with Crippen molar-refractivity contribution in [1.82, 2.24) is 9.71 Å². The molecule has 1 fully saturated rings. The molecule has 2 aromatic carbocycles. The van der Waals surface area contributed by atoms with Crippen LogP contribution in [0.4, 0.5) is 0 Å². The first-order valence-electron chi connectivity index (χ1n) is 12.5. The first-order chi connectivity index (χ1) is 17.8. The van der Waals surface area contributed by atoms with Crippen molar-refractivity contribution in [3.8, 4) is 22.8 Å². The number of nitrogens with zero attached hydrogens (tertiary/aromatic N) is 1. The van der Waals surface area contributed by atoms with Crippen LogP contribution in [0.25, 0.3) is 11.3 Å². The molecule has 1 atom stereocenters. The number of nitrogens with one attached hydrogen (secondary N) is 1. The molecule has 2 N–H and O–H groups in total. The summed E-state index contributed by atoms with van der Waals surface area (Å²) in [5, 5.41) is 9.43. The number of fused-ring (bicyclic) bond motifs is 1. The van der Waals surface area contributed by atoms with E-state index in [4.69, 9.17) is 9.47 Å². The second-order valence-corrected chi connectivity index (χ2v) is 11.3. The number of Topliss-reactive ketones (excluding diaryl/α,β-unsaturated/α-hetero) is 1. The summed E-state index contributed by atoms with van der Waals surface area (Å²) in [6.07, 6.45) is 3.11. The van der Waals surface area contributed by atoms with Crippen LogP contribution in [0, 0.1) is 0 Å². The summed E-state index contributed by atoms with van der Waals surface area (Å²) < 4.78 is 38.8. The maximum atomic E-state index is 13.4. The SMILES string of the molecule is CCC[C@@H](CO)NS(=O)(=O)c1ccc(-c2cccc(CC(=O)C3(c4ccc5c(c4)OCO5)CC3)n2)cc1. The van der Waals surface area contributed by atoms with Crippen molar-refractivity contribution in [1.29, 1.82) is 0 Å². The van der Waals surface area contributed by atoms with E-state index in [1.54, 1.807) is 12.1 Å². The van der Waals surface area contributed by atoms with Crippen LogP contribution < -0.4 is 14.2 Å². The Balaban J connectivity index is 1.30. The standard InChI is InChI=1S/C28H30N2O6S/c1-2-4-22(17-31)30-37(33,34)23-10-7-19(8-11-23)24-6-3-5-21(29-24)16-27(32)28(13-14-28)20-9-12-25-26(15-20)36-18-35-25/h3,5-12,15,22,30-31H,2,4,13-14,16-18H2,1H3/t22-/m0/s1. The maximum Gasteiger partial charge on any atom is 0.240 e. The quantitative estimate of drug-likeness (QED) is 0.394. The van der Waals surface area contributed by atoms with E-state index >= 15 is 0 Å². The van der Waals surface area contributed by atoms with E-state index in [-0.39, 0.29) is 30.5 Å². The maximum absolute atomic E-state index is 13.4. The summed E-state index contributed by atoms with van der Waals surface area (Å²) in [4.78, 5) is 18.2. The minimum absolute atomic E-state index is 0.119. The van der Waals surface area contributed by atoms with Gasteiger partial charge in [-0.25, -0.2) is 13.1 Å². The summed E-state index contributed by atoms with van der Waals surface area (Å²) in [5.74, 6) is 1.49. The molecular formula is C28H30N2O6S. The van der Waals surface area contributed by atoms with Gasteiger partial charge in [-0.3, -0.25) is 9.78 Å². The lowest BCUT2D eigenvalue weighted by molar-refractivity contribution is -0.120. The van der Waals surface area contributed by atoms with E-state index in [0.29, 0.717) is 29.3 Å². The molecule has 0 amide bonds. The van der Waals surface area contributed by atoms with Crippen LogP contribution in [0.15, 0.2) is 65.6 Å². The monoisotopic (exact) mass is 522 g/mol. The molecule has 0 saturated heterocycles. The third-order valence-electron chi connectivity index (χ3n) is 7.00. The number of carbonyl (C=O) groups is 1. The van der Waals surface area contributed by atoms with E-state index in [1.807, 2.05) is 43.3 Å². The fourth-order valence-corrected chi connectivity index (χ4v) is 6.01. The summed E-state index contributed by atoms with van der Waals surface area (Å²) in [6, 6.07) is 17.2. The Morgan fingerprint density at radius 1 is 1.08 bits per heavy atom. The number of aromatic nitrogens is 1. The van der Waals surface area contributed by atoms with E-state index in [0.717, 1.165) is 30.4 Å². The van der Waals surface area contributed by atoms with Crippen LogP contribution in [0.5, 0.6) is 11.5 Å². The molecular weight excluding hydrogens is 492 g/mol. The molecule has 2 aliphatic rings. The molecule has 1 aliphatic carbocycles. The Morgan fingerprint density at radius 2 is 1.84 bits per heavy atom. The molecule has 194 valence electrons. The molecule has 0 bridgehead atoms. The Kier molecular flexibility index (Phi) is 7.02. The Hall–Kier alpha value is -3.27. The van der Waals surface area contributed by atoms with Crippen molar-refractivity contribution >= 4 is 15.8 Å². The highest BCUT2D eigenvalue weighted by Gasteiger charge is 2.51. The molecule has 0 unspecified atom stereocenters. The smallest absolute Gasteiger partial charge is 0.240 e. The second kappa shape index (κ2) is 10.2. The van der Waals surface area contributed by atoms with Crippen LogP contribution in [-0.4, -0.2) is 43.7 Å². The fraction of sp³-hybridized carbons (Fsp3) is 0.357. The molecule has 3 aromatic rings. The van der Waals surface area contributed by atoms with Crippen molar-refractivity contribution in [2.24, 2.45) is 0 Å². The van der Waals surface area contributed by atoms with Gasteiger partial charge in [-0.15, -0.1) is 0 Å². The normalized spacial score (nSPS) is 16.4. The van der Waals surface area contributed by atoms with Gasteiger partial charge in [0, 0.05) is 23.7 Å². The summed E-state index contributed by atoms with van der Waals surface area (Å²) in [6.45, 7) is 1.88. The minimum atomic E-state index is -3.75. The number of pyridine rings is 1. The average molecular weight is 523 g/mol. The zero-order valence-corrected chi connectivity index (χ0v) is 21.5. The predicted molar refractivity (Wildman–Crippen MR) is 138 cm³/mol. The largest absolute Gasteiger partial charge is 0.454 e. The van der Waals surface area contributed by atoms with Gasteiger partial charge in [0.25, 0.3) is 0 Å². The van der Waals surface area contributed by atoms with Gasteiger partial charge in [-0.1, -0.05) is 37.6 Å². The molecule has 1 aromatic heterocycles. The highest BCUT2D eigenvalue weighted by Crippen LogP contribution is 2.51. The van der Waals surface area contributed by atoms with Gasteiger partial charge in [0.05, 0.1) is 22.6 Å². The van der Waals surface area contributed by atoms with Gasteiger partial charge in [0.1, 0.15) is 5.78 Å². The Labute approximate surface area is 216 Å². The third-order valence-corrected chi connectivity index (χ3v) is 8.53. The highest BCUT2D eigenvalue weighted by atomic mass is 32.2. The van der Waals surface area contributed by atoms with Crippen molar-refractivity contribution < 1.29 is 27.8 Å². The topological polar surface area (TPSA) is 115 Å². The van der Waals surface area contributed by atoms with E-state index in [2.05, 4.69) is 9.71 Å². The number of hydrogen-bond donors (Lipinski definition) is 2. The molecule has 9 heteroatoms. The number of rotatable bonds is 11. The molecule has 2 heterocycles. The van der Waals surface area contributed by atoms with E-state index in [1.165, 1.54) is 12.1 Å². The molecule has 0 spiro atoms. The predicted octanol–water partition coefficient (Wildman–Crippen LogP) is 3.76. The lowest BCUT2D eigenvalue weighted by Crippen LogP contribution is -2.37. The van der Waals surface area contributed by atoms with Crippen LogP contribution in [0.1, 0.15) is 43.9 Å². The molecule has 37 heavy (non-hydrogen) atoms. The lowest BCUT2D eigenvalue weighted by atomic mass is 9.88. The van der Waals surface area contributed by atoms with Gasteiger partial charge in [-0.05, 0) is 61.2 Å². The molecule has 8 nitrogen and oxygen atoms in total. The molecule has 1 aliphatic heterocycles. The number of ketones is 1. The number of ether oxygens (including phenoxy) is 2. The van der Waals surface area contributed by atoms with Gasteiger partial charge in [-0.2, -0.15) is 0 Å². The van der Waals surface area contributed by atoms with Crippen LogP contribution in [0.3, 0.4) is 0 Å². The lowest BCUT2D eigenvalue weighted by Gasteiger charge is -2.16. The fourth-order valence-electron chi connectivity index (χ4n) is 4.75. The summed E-state index contributed by atoms with van der Waals surface area (Å²) in [7, 11) is -3.75. The van der Waals surface area contributed by atoms with Crippen LogP contribution in [-0.2, 0) is 26.7 Å². The van der Waals surface area contributed by atoms with Crippen molar-refractivity contribution in [2.75, 3.05) is 13.4 Å². The Morgan fingerprint density at radius 3 is 2.54 bits per heavy atom. The number of aliphatic hydroxyl groups excluding tert-OH is 1. The van der Waals surface area contributed by atoms with Gasteiger partial charge >= 0.3 is 0 Å². The van der Waals surface area contributed by atoms with Gasteiger partial charge in [0.15, 0.2) is 11.5 Å². The van der Waals surface area contributed by atoms with E-state index < -0.39 is 21.5 Å². The highest BCUT2D eigenvalue weighted by molar-refractivity contribution is 7.89.